The van der Waals surface area contributed by atoms with Crippen molar-refractivity contribution in [3.8, 4) is 0 Å². The summed E-state index contributed by atoms with van der Waals surface area (Å²) >= 11 is 0. The third-order valence-corrected chi connectivity index (χ3v) is 10.2. The number of allylic oxidation sites excluding steroid dienone is 1. The zero-order valence-electron chi connectivity index (χ0n) is 20.7. The molecule has 0 aliphatic heterocycles. The first kappa shape index (κ1) is 23.8. The van der Waals surface area contributed by atoms with Crippen LogP contribution >= 0.6 is 0 Å². The van der Waals surface area contributed by atoms with Gasteiger partial charge in [-0.3, -0.25) is 4.79 Å². The molecule has 0 bridgehead atoms. The molecule has 1 N–H and O–H groups in total. The van der Waals surface area contributed by atoms with Gasteiger partial charge in [0.05, 0.1) is 6.10 Å². The predicted molar refractivity (Wildman–Crippen MR) is 125 cm³/mol. The number of carbonyl (C=O) groups is 1. The van der Waals surface area contributed by atoms with E-state index in [0.717, 1.165) is 43.4 Å². The lowest BCUT2D eigenvalue weighted by atomic mass is 9.45. The van der Waals surface area contributed by atoms with Gasteiger partial charge < -0.3 is 10.0 Å². The summed E-state index contributed by atoms with van der Waals surface area (Å²) in [4.78, 5) is 13.9. The van der Waals surface area contributed by atoms with Crippen LogP contribution in [-0.4, -0.2) is 36.1 Å². The molecule has 0 spiro atoms. The van der Waals surface area contributed by atoms with Crippen LogP contribution in [0.15, 0.2) is 11.6 Å². The maximum Gasteiger partial charge on any atom is 0.222 e. The predicted octanol–water partition coefficient (Wildman–Crippen LogP) is 6.07. The van der Waals surface area contributed by atoms with Gasteiger partial charge in [0.15, 0.2) is 0 Å². The standard InChI is InChI=1S/C27H47NO2/c1-8-23-22-11-10-20-17-21(29)13-15-27(20,5)24(22)14-16-26(23,4)19(3)18(2)9-12-25(30)28(6)7/h10,18-19,21-24,29H,8-9,11-17H2,1-7H3/t18-,19?,21?,22?,23?,24?,26-,27+/m1/s1. The molecule has 3 heteroatoms. The highest BCUT2D eigenvalue weighted by atomic mass is 16.3. The number of carbonyl (C=O) groups excluding carboxylic acids is 1. The van der Waals surface area contributed by atoms with Crippen LogP contribution in [0.2, 0.25) is 0 Å². The van der Waals surface area contributed by atoms with Crippen LogP contribution in [0.25, 0.3) is 0 Å². The van der Waals surface area contributed by atoms with Crippen molar-refractivity contribution in [2.75, 3.05) is 14.1 Å². The largest absolute Gasteiger partial charge is 0.393 e. The lowest BCUT2D eigenvalue weighted by molar-refractivity contribution is -0.129. The van der Waals surface area contributed by atoms with Crippen molar-refractivity contribution in [1.29, 1.82) is 0 Å². The summed E-state index contributed by atoms with van der Waals surface area (Å²) in [6, 6.07) is 0. The Balaban J connectivity index is 1.78. The third-order valence-electron chi connectivity index (χ3n) is 10.2. The second-order valence-corrected chi connectivity index (χ2v) is 11.7. The molecule has 3 nitrogen and oxygen atoms in total. The Kier molecular flexibility index (Phi) is 7.12. The molecular weight excluding hydrogens is 370 g/mol. The SMILES string of the molecule is CCC1C2CC=C3CC(O)CC[C@]3(C)C2CC[C@]1(C)C(C)[C@H](C)CCC(=O)N(C)C. The Bertz CT molecular complexity index is 655. The molecule has 30 heavy (non-hydrogen) atoms. The average molecular weight is 418 g/mol. The third kappa shape index (κ3) is 4.12. The van der Waals surface area contributed by atoms with Crippen LogP contribution in [0.4, 0.5) is 0 Å². The first-order valence-corrected chi connectivity index (χ1v) is 12.6. The van der Waals surface area contributed by atoms with E-state index in [2.05, 4.69) is 40.7 Å². The molecule has 0 heterocycles. The lowest BCUT2D eigenvalue weighted by Gasteiger charge is -2.60. The van der Waals surface area contributed by atoms with Crippen molar-refractivity contribution in [2.24, 2.45) is 40.4 Å². The van der Waals surface area contributed by atoms with E-state index in [1.807, 2.05) is 14.1 Å². The summed E-state index contributed by atoms with van der Waals surface area (Å²) < 4.78 is 0. The Morgan fingerprint density at radius 3 is 2.57 bits per heavy atom. The van der Waals surface area contributed by atoms with Crippen LogP contribution in [0.5, 0.6) is 0 Å². The van der Waals surface area contributed by atoms with Gasteiger partial charge in [-0.05, 0) is 85.4 Å². The van der Waals surface area contributed by atoms with Crippen LogP contribution in [0.1, 0.15) is 92.4 Å². The van der Waals surface area contributed by atoms with Crippen LogP contribution in [0, 0.1) is 40.4 Å². The van der Waals surface area contributed by atoms with E-state index in [1.165, 1.54) is 25.7 Å². The van der Waals surface area contributed by atoms with Crippen molar-refractivity contribution < 1.29 is 9.90 Å². The summed E-state index contributed by atoms with van der Waals surface area (Å²) in [5, 5.41) is 10.2. The molecule has 3 rings (SSSR count). The Morgan fingerprint density at radius 2 is 1.93 bits per heavy atom. The smallest absolute Gasteiger partial charge is 0.222 e. The minimum Gasteiger partial charge on any atom is -0.393 e. The molecule has 2 fully saturated rings. The molecule has 0 aromatic rings. The topological polar surface area (TPSA) is 40.5 Å². The van der Waals surface area contributed by atoms with Gasteiger partial charge in [-0.1, -0.05) is 52.7 Å². The van der Waals surface area contributed by atoms with Gasteiger partial charge in [-0.15, -0.1) is 0 Å². The number of aliphatic hydroxyl groups excluding tert-OH is 1. The summed E-state index contributed by atoms with van der Waals surface area (Å²) in [5.74, 6) is 3.76. The van der Waals surface area contributed by atoms with Gasteiger partial charge >= 0.3 is 0 Å². The van der Waals surface area contributed by atoms with Crippen molar-refractivity contribution in [3.05, 3.63) is 11.6 Å². The van der Waals surface area contributed by atoms with E-state index in [9.17, 15) is 9.90 Å². The summed E-state index contributed by atoms with van der Waals surface area (Å²) in [5.41, 5.74) is 2.22. The fourth-order valence-electron chi connectivity index (χ4n) is 7.80. The molecule has 5 unspecified atom stereocenters. The number of aliphatic hydroxyl groups is 1. The minimum atomic E-state index is -0.123. The van der Waals surface area contributed by atoms with E-state index >= 15 is 0 Å². The van der Waals surface area contributed by atoms with Gasteiger partial charge in [0.25, 0.3) is 0 Å². The number of nitrogens with zero attached hydrogens (tertiary/aromatic N) is 1. The quantitative estimate of drug-likeness (QED) is 0.533. The highest BCUT2D eigenvalue weighted by Gasteiger charge is 2.55. The van der Waals surface area contributed by atoms with Crippen LogP contribution < -0.4 is 0 Å². The minimum absolute atomic E-state index is 0.123. The number of hydrogen-bond acceptors (Lipinski definition) is 2. The normalized spacial score (nSPS) is 40.6. The molecule has 3 aliphatic carbocycles. The van der Waals surface area contributed by atoms with E-state index in [0.29, 0.717) is 29.1 Å². The number of fused-ring (bicyclic) bond motifs is 3. The van der Waals surface area contributed by atoms with E-state index in [1.54, 1.807) is 10.5 Å². The molecule has 1 amide bonds. The Hall–Kier alpha value is -0.830. The van der Waals surface area contributed by atoms with Gasteiger partial charge in [-0.2, -0.15) is 0 Å². The zero-order chi connectivity index (χ0) is 22.3. The first-order valence-electron chi connectivity index (χ1n) is 12.6. The van der Waals surface area contributed by atoms with Crippen molar-refractivity contribution >= 4 is 5.91 Å². The van der Waals surface area contributed by atoms with Crippen molar-refractivity contribution in [1.82, 2.24) is 4.90 Å². The molecule has 0 radical (unpaired) electrons. The Labute approximate surface area is 185 Å². The van der Waals surface area contributed by atoms with Gasteiger partial charge in [-0.25, -0.2) is 0 Å². The highest BCUT2D eigenvalue weighted by Crippen LogP contribution is 2.63. The fraction of sp³-hybridized carbons (Fsp3) is 0.889. The summed E-state index contributed by atoms with van der Waals surface area (Å²) in [7, 11) is 3.73. The molecule has 3 aliphatic rings. The maximum atomic E-state index is 12.1. The Morgan fingerprint density at radius 1 is 1.23 bits per heavy atom. The van der Waals surface area contributed by atoms with Gasteiger partial charge in [0, 0.05) is 20.5 Å². The molecule has 2 saturated carbocycles. The average Bonchev–Trinajstić information content (AvgIpc) is 2.71. The fourth-order valence-corrected chi connectivity index (χ4v) is 7.80. The molecule has 0 aromatic carbocycles. The van der Waals surface area contributed by atoms with Gasteiger partial charge in [0.1, 0.15) is 0 Å². The number of rotatable bonds is 6. The van der Waals surface area contributed by atoms with Crippen molar-refractivity contribution in [2.45, 2.75) is 98.5 Å². The second-order valence-electron chi connectivity index (χ2n) is 11.7. The molecule has 0 saturated heterocycles. The molecule has 8 atom stereocenters. The van der Waals surface area contributed by atoms with Gasteiger partial charge in [0.2, 0.25) is 5.91 Å². The zero-order valence-corrected chi connectivity index (χ0v) is 20.7. The second kappa shape index (κ2) is 8.96. The number of amides is 1. The molecule has 172 valence electrons. The van der Waals surface area contributed by atoms with Crippen LogP contribution in [-0.2, 0) is 4.79 Å². The first-order chi connectivity index (χ1) is 14.0. The summed E-state index contributed by atoms with van der Waals surface area (Å²) in [6.07, 6.45) is 12.2. The molecular formula is C27H47NO2. The highest BCUT2D eigenvalue weighted by molar-refractivity contribution is 5.75. The van der Waals surface area contributed by atoms with Crippen molar-refractivity contribution in [3.63, 3.8) is 0 Å². The van der Waals surface area contributed by atoms with E-state index < -0.39 is 0 Å². The maximum absolute atomic E-state index is 12.1. The molecule has 0 aromatic heterocycles. The van der Waals surface area contributed by atoms with Crippen LogP contribution in [0.3, 0.4) is 0 Å². The summed E-state index contributed by atoms with van der Waals surface area (Å²) in [6.45, 7) is 12.3. The number of hydrogen-bond donors (Lipinski definition) is 1. The van der Waals surface area contributed by atoms with E-state index in [4.69, 9.17) is 0 Å². The lowest BCUT2D eigenvalue weighted by Crippen LogP contribution is -2.52. The monoisotopic (exact) mass is 417 g/mol. The van der Waals surface area contributed by atoms with E-state index in [-0.39, 0.29) is 12.0 Å².